The van der Waals surface area contributed by atoms with Gasteiger partial charge in [-0.2, -0.15) is 10.2 Å². The molecule has 0 atom stereocenters. The molecular weight excluding hydrogens is 402 g/mol. The van der Waals surface area contributed by atoms with Gasteiger partial charge in [-0.3, -0.25) is 14.8 Å². The van der Waals surface area contributed by atoms with Crippen LogP contribution in [0.4, 0.5) is 16.2 Å². The molecule has 0 saturated heterocycles. The molecule has 8 heteroatoms. The number of amides is 2. The Labute approximate surface area is 184 Å². The third-order valence-corrected chi connectivity index (χ3v) is 5.47. The van der Waals surface area contributed by atoms with Gasteiger partial charge in [0.25, 0.3) is 0 Å². The van der Waals surface area contributed by atoms with E-state index in [1.54, 1.807) is 6.20 Å². The lowest BCUT2D eigenvalue weighted by molar-refractivity contribution is 0.262. The van der Waals surface area contributed by atoms with Gasteiger partial charge in [-0.25, -0.2) is 4.79 Å². The van der Waals surface area contributed by atoms with Crippen molar-refractivity contribution < 1.29 is 4.79 Å². The Morgan fingerprint density at radius 3 is 2.53 bits per heavy atom. The van der Waals surface area contributed by atoms with Crippen molar-refractivity contribution in [2.75, 3.05) is 10.6 Å². The summed E-state index contributed by atoms with van der Waals surface area (Å²) in [6, 6.07) is 16.6. The Bertz CT molecular complexity index is 1480. The number of nitrogens with one attached hydrogen (secondary N) is 3. The Hall–Kier alpha value is -4.46. The minimum absolute atomic E-state index is 0.339. The summed E-state index contributed by atoms with van der Waals surface area (Å²) in [6.07, 6.45) is 1.72. The summed E-state index contributed by atoms with van der Waals surface area (Å²) in [4.78, 5) is 16.9. The van der Waals surface area contributed by atoms with E-state index in [2.05, 4.69) is 37.5 Å². The van der Waals surface area contributed by atoms with E-state index >= 15 is 0 Å². The summed E-state index contributed by atoms with van der Waals surface area (Å²) in [7, 11) is 1.90. The number of nitrogens with zero attached hydrogens (tertiary/aromatic N) is 4. The fraction of sp³-hybridized carbons (Fsp3) is 0.0833. The first-order valence-corrected chi connectivity index (χ1v) is 10.1. The Morgan fingerprint density at radius 2 is 1.78 bits per heavy atom. The van der Waals surface area contributed by atoms with Gasteiger partial charge in [-0.1, -0.05) is 12.6 Å². The first kappa shape index (κ1) is 19.5. The number of carbonyl (C=O) groups is 1. The number of carbonyl (C=O) groups excluding carboxylic acids is 1. The van der Waals surface area contributed by atoms with E-state index in [1.165, 1.54) is 0 Å². The molecule has 5 aromatic rings. The summed E-state index contributed by atoms with van der Waals surface area (Å²) in [5.41, 5.74) is 6.25. The molecule has 0 radical (unpaired) electrons. The SMILES string of the molecule is C=C(c1ccccn1)c1n[nH]c2cc(NC(=O)Nc3ccc4c(C)n(C)nc4c3)ccc12. The van der Waals surface area contributed by atoms with E-state index < -0.39 is 0 Å². The minimum Gasteiger partial charge on any atom is -0.308 e. The van der Waals surface area contributed by atoms with Gasteiger partial charge in [0.2, 0.25) is 0 Å². The minimum atomic E-state index is -0.339. The molecule has 3 N–H and O–H groups in total. The average Bonchev–Trinajstić information content (AvgIpc) is 3.33. The van der Waals surface area contributed by atoms with E-state index in [4.69, 9.17) is 0 Å². The number of aryl methyl sites for hydroxylation is 2. The van der Waals surface area contributed by atoms with Crippen LogP contribution in [0, 0.1) is 6.92 Å². The third-order valence-electron chi connectivity index (χ3n) is 5.47. The molecular formula is C24H21N7O. The van der Waals surface area contributed by atoms with Crippen LogP contribution in [0.25, 0.3) is 27.4 Å². The topological polar surface area (TPSA) is 101 Å². The number of aromatic amines is 1. The Morgan fingerprint density at radius 1 is 1.03 bits per heavy atom. The van der Waals surface area contributed by atoms with Gasteiger partial charge in [0.05, 0.1) is 16.7 Å². The number of urea groups is 1. The van der Waals surface area contributed by atoms with Gasteiger partial charge in [0.15, 0.2) is 0 Å². The molecule has 0 aliphatic rings. The largest absolute Gasteiger partial charge is 0.323 e. The number of fused-ring (bicyclic) bond motifs is 2. The zero-order valence-corrected chi connectivity index (χ0v) is 17.7. The van der Waals surface area contributed by atoms with Gasteiger partial charge in [-0.15, -0.1) is 0 Å². The standard InChI is InChI=1S/C24H21N7O/c1-14(20-6-4-5-11-25-20)23-19-10-8-16(12-21(19)28-29-23)26-24(32)27-17-7-9-18-15(2)31(3)30-22(18)13-17/h4-13H,1H2,2-3H3,(H,28,29)(H2,26,27,32). The van der Waals surface area contributed by atoms with Crippen molar-refractivity contribution in [2.45, 2.75) is 6.92 Å². The van der Waals surface area contributed by atoms with Crippen LogP contribution in [-0.4, -0.2) is 31.0 Å². The van der Waals surface area contributed by atoms with E-state index in [-0.39, 0.29) is 6.03 Å². The zero-order valence-electron chi connectivity index (χ0n) is 17.7. The number of benzene rings is 2. The smallest absolute Gasteiger partial charge is 0.308 e. The second-order valence-electron chi connectivity index (χ2n) is 7.55. The van der Waals surface area contributed by atoms with Crippen molar-refractivity contribution in [1.82, 2.24) is 25.0 Å². The molecule has 2 aromatic carbocycles. The number of aromatic nitrogens is 5. The normalized spacial score (nSPS) is 11.1. The van der Waals surface area contributed by atoms with E-state index in [0.717, 1.165) is 44.5 Å². The second-order valence-corrected chi connectivity index (χ2v) is 7.55. The second kappa shape index (κ2) is 7.66. The zero-order chi connectivity index (χ0) is 22.2. The van der Waals surface area contributed by atoms with Crippen molar-refractivity contribution in [3.63, 3.8) is 0 Å². The predicted octanol–water partition coefficient (Wildman–Crippen LogP) is 4.86. The molecule has 0 aliphatic heterocycles. The average molecular weight is 423 g/mol. The molecule has 0 bridgehead atoms. The van der Waals surface area contributed by atoms with Gasteiger partial charge in [0, 0.05) is 46.7 Å². The molecule has 0 saturated carbocycles. The van der Waals surface area contributed by atoms with E-state index in [0.29, 0.717) is 11.4 Å². The fourth-order valence-electron chi connectivity index (χ4n) is 3.69. The van der Waals surface area contributed by atoms with Crippen LogP contribution in [0.5, 0.6) is 0 Å². The number of pyridine rings is 1. The van der Waals surface area contributed by atoms with Gasteiger partial charge >= 0.3 is 6.03 Å². The lowest BCUT2D eigenvalue weighted by atomic mass is 10.1. The molecule has 8 nitrogen and oxygen atoms in total. The van der Waals surface area contributed by atoms with Crippen LogP contribution >= 0.6 is 0 Å². The molecule has 158 valence electrons. The number of anilines is 2. The number of hydrogen-bond donors (Lipinski definition) is 3. The molecule has 0 unspecified atom stereocenters. The highest BCUT2D eigenvalue weighted by molar-refractivity contribution is 6.03. The molecule has 2 amide bonds. The molecule has 3 aromatic heterocycles. The summed E-state index contributed by atoms with van der Waals surface area (Å²) in [5.74, 6) is 0. The first-order chi connectivity index (χ1) is 15.5. The maximum absolute atomic E-state index is 12.5. The number of hydrogen-bond acceptors (Lipinski definition) is 4. The van der Waals surface area contributed by atoms with Crippen LogP contribution in [0.2, 0.25) is 0 Å². The lowest BCUT2D eigenvalue weighted by Crippen LogP contribution is -2.19. The van der Waals surface area contributed by atoms with E-state index in [9.17, 15) is 4.79 Å². The van der Waals surface area contributed by atoms with Crippen molar-refractivity contribution in [3.8, 4) is 0 Å². The van der Waals surface area contributed by atoms with Gasteiger partial charge < -0.3 is 10.6 Å². The van der Waals surface area contributed by atoms with Crippen LogP contribution in [0.3, 0.4) is 0 Å². The molecule has 32 heavy (non-hydrogen) atoms. The Balaban J connectivity index is 1.33. The molecule has 0 spiro atoms. The maximum atomic E-state index is 12.5. The Kier molecular flexibility index (Phi) is 4.67. The fourth-order valence-corrected chi connectivity index (χ4v) is 3.69. The molecule has 0 aliphatic carbocycles. The quantitative estimate of drug-likeness (QED) is 0.384. The van der Waals surface area contributed by atoms with Crippen LogP contribution in [-0.2, 0) is 7.05 Å². The summed E-state index contributed by atoms with van der Waals surface area (Å²) in [5, 5.41) is 19.5. The summed E-state index contributed by atoms with van der Waals surface area (Å²) >= 11 is 0. The summed E-state index contributed by atoms with van der Waals surface area (Å²) < 4.78 is 1.82. The number of H-pyrrole nitrogens is 1. The summed E-state index contributed by atoms with van der Waals surface area (Å²) in [6.45, 7) is 6.14. The van der Waals surface area contributed by atoms with Crippen molar-refractivity contribution in [3.05, 3.63) is 84.5 Å². The third kappa shape index (κ3) is 3.47. The van der Waals surface area contributed by atoms with Crippen molar-refractivity contribution in [2.24, 2.45) is 7.05 Å². The molecule has 0 fully saturated rings. The van der Waals surface area contributed by atoms with Gasteiger partial charge in [-0.05, 0) is 55.5 Å². The van der Waals surface area contributed by atoms with Crippen molar-refractivity contribution in [1.29, 1.82) is 0 Å². The van der Waals surface area contributed by atoms with E-state index in [1.807, 2.05) is 73.3 Å². The highest BCUT2D eigenvalue weighted by Crippen LogP contribution is 2.27. The van der Waals surface area contributed by atoms with Crippen LogP contribution < -0.4 is 10.6 Å². The highest BCUT2D eigenvalue weighted by atomic mass is 16.2. The molecule has 5 rings (SSSR count). The lowest BCUT2D eigenvalue weighted by Gasteiger charge is -2.08. The monoisotopic (exact) mass is 423 g/mol. The van der Waals surface area contributed by atoms with Crippen LogP contribution in [0.1, 0.15) is 17.1 Å². The highest BCUT2D eigenvalue weighted by Gasteiger charge is 2.13. The number of rotatable bonds is 4. The van der Waals surface area contributed by atoms with Gasteiger partial charge in [0.1, 0.15) is 5.69 Å². The first-order valence-electron chi connectivity index (χ1n) is 10.1. The predicted molar refractivity (Wildman–Crippen MR) is 127 cm³/mol. The molecule has 3 heterocycles. The van der Waals surface area contributed by atoms with Crippen LogP contribution in [0.15, 0.2) is 67.4 Å². The maximum Gasteiger partial charge on any atom is 0.323 e. The van der Waals surface area contributed by atoms with Crippen molar-refractivity contribution >= 4 is 44.8 Å².